The van der Waals surface area contributed by atoms with Crippen LogP contribution in [0.5, 0.6) is 0 Å². The molecule has 0 bridgehead atoms. The lowest BCUT2D eigenvalue weighted by molar-refractivity contribution is -0.527. The van der Waals surface area contributed by atoms with Crippen molar-refractivity contribution in [3.05, 3.63) is 32.9 Å². The van der Waals surface area contributed by atoms with E-state index in [-0.39, 0.29) is 17.0 Å². The Morgan fingerprint density at radius 3 is 2.85 bits per heavy atom. The molecular formula is C7H4Cl2N2O2. The van der Waals surface area contributed by atoms with Crippen LogP contribution in [-0.4, -0.2) is 9.92 Å². The van der Waals surface area contributed by atoms with Crippen LogP contribution in [0.25, 0.3) is 0 Å². The minimum absolute atomic E-state index is 0.00836. The maximum Gasteiger partial charge on any atom is 0.318 e. The van der Waals surface area contributed by atoms with E-state index < -0.39 is 9.92 Å². The number of nitro groups is 1. The standard InChI is InChI=1S/C7H4Cl2N2O2/c8-6-1-2-7(9,11(12)13)3-5(6)4-10/h1,3H,2H2. The summed E-state index contributed by atoms with van der Waals surface area (Å²) in [6.07, 6.45) is 2.43. The van der Waals surface area contributed by atoms with Gasteiger partial charge in [0.2, 0.25) is 0 Å². The second-order valence-electron chi connectivity index (χ2n) is 2.50. The largest absolute Gasteiger partial charge is 0.318 e. The number of halogens is 2. The van der Waals surface area contributed by atoms with Crippen LogP contribution in [0.3, 0.4) is 0 Å². The lowest BCUT2D eigenvalue weighted by Crippen LogP contribution is -2.30. The Hall–Kier alpha value is -1.05. The average molecular weight is 219 g/mol. The smallest absolute Gasteiger partial charge is 0.262 e. The number of hydrogen-bond donors (Lipinski definition) is 0. The molecule has 1 aliphatic rings. The van der Waals surface area contributed by atoms with Gasteiger partial charge >= 0.3 is 5.00 Å². The van der Waals surface area contributed by atoms with E-state index in [4.69, 9.17) is 28.5 Å². The molecule has 0 radical (unpaired) electrons. The van der Waals surface area contributed by atoms with Crippen LogP contribution in [0.1, 0.15) is 6.42 Å². The molecule has 0 saturated heterocycles. The molecule has 0 N–H and O–H groups in total. The van der Waals surface area contributed by atoms with Crippen LogP contribution in [0.15, 0.2) is 22.8 Å². The average Bonchev–Trinajstić information content (AvgIpc) is 2.09. The quantitative estimate of drug-likeness (QED) is 0.293. The normalized spacial score (nSPS) is 27.2. The number of rotatable bonds is 1. The summed E-state index contributed by atoms with van der Waals surface area (Å²) in [6, 6.07) is 1.74. The van der Waals surface area contributed by atoms with Crippen molar-refractivity contribution < 1.29 is 4.92 Å². The van der Waals surface area contributed by atoms with Crippen LogP contribution >= 0.6 is 23.2 Å². The highest BCUT2D eigenvalue weighted by Crippen LogP contribution is 2.33. The van der Waals surface area contributed by atoms with E-state index in [1.165, 1.54) is 6.08 Å². The highest BCUT2D eigenvalue weighted by atomic mass is 35.5. The summed E-state index contributed by atoms with van der Waals surface area (Å²) in [7, 11) is 0. The Balaban J connectivity index is 3.09. The van der Waals surface area contributed by atoms with Crippen molar-refractivity contribution in [3.63, 3.8) is 0 Å². The molecule has 0 aromatic heterocycles. The number of nitrogens with zero attached hydrogens (tertiary/aromatic N) is 2. The topological polar surface area (TPSA) is 66.9 Å². The molecule has 0 heterocycles. The van der Waals surface area contributed by atoms with E-state index in [9.17, 15) is 10.1 Å². The first-order valence-electron chi connectivity index (χ1n) is 3.32. The summed E-state index contributed by atoms with van der Waals surface area (Å²) in [5.41, 5.74) is 0.0413. The maximum atomic E-state index is 10.5. The molecule has 1 unspecified atom stereocenters. The van der Waals surface area contributed by atoms with E-state index in [2.05, 4.69) is 0 Å². The molecule has 68 valence electrons. The molecule has 0 saturated carbocycles. The minimum atomic E-state index is -1.72. The van der Waals surface area contributed by atoms with Gasteiger partial charge in [0.15, 0.2) is 0 Å². The zero-order valence-corrected chi connectivity index (χ0v) is 7.84. The van der Waals surface area contributed by atoms with Gasteiger partial charge < -0.3 is 0 Å². The fourth-order valence-corrected chi connectivity index (χ4v) is 1.26. The van der Waals surface area contributed by atoms with Gasteiger partial charge in [-0.05, 0) is 11.6 Å². The Labute approximate surface area is 84.2 Å². The lowest BCUT2D eigenvalue weighted by Gasteiger charge is -2.16. The van der Waals surface area contributed by atoms with Crippen molar-refractivity contribution in [2.24, 2.45) is 0 Å². The Morgan fingerprint density at radius 2 is 2.38 bits per heavy atom. The summed E-state index contributed by atoms with van der Waals surface area (Å²) >= 11 is 11.2. The van der Waals surface area contributed by atoms with Crippen LogP contribution in [-0.2, 0) is 0 Å². The van der Waals surface area contributed by atoms with Crippen molar-refractivity contribution in [3.8, 4) is 6.07 Å². The monoisotopic (exact) mass is 218 g/mol. The Bertz CT molecular complexity index is 356. The van der Waals surface area contributed by atoms with Crippen molar-refractivity contribution in [2.75, 3.05) is 0 Å². The van der Waals surface area contributed by atoms with E-state index in [1.807, 2.05) is 0 Å². The zero-order chi connectivity index (χ0) is 10.1. The third kappa shape index (κ3) is 1.82. The molecule has 0 aromatic carbocycles. The van der Waals surface area contributed by atoms with Crippen molar-refractivity contribution >= 4 is 23.2 Å². The van der Waals surface area contributed by atoms with Gasteiger partial charge in [-0.2, -0.15) is 5.26 Å². The first kappa shape index (κ1) is 10.0. The van der Waals surface area contributed by atoms with Crippen molar-refractivity contribution in [2.45, 2.75) is 11.4 Å². The van der Waals surface area contributed by atoms with Gasteiger partial charge in [0, 0.05) is 11.0 Å². The Morgan fingerprint density at radius 1 is 1.77 bits per heavy atom. The third-order valence-electron chi connectivity index (χ3n) is 1.61. The summed E-state index contributed by atoms with van der Waals surface area (Å²) in [4.78, 5) is 8.13. The molecule has 0 amide bonds. The number of nitriles is 1. The molecule has 1 atom stereocenters. The van der Waals surface area contributed by atoms with Gasteiger partial charge in [-0.25, -0.2) is 0 Å². The highest BCUT2D eigenvalue weighted by molar-refractivity contribution is 6.33. The van der Waals surface area contributed by atoms with E-state index in [1.54, 1.807) is 6.07 Å². The van der Waals surface area contributed by atoms with Crippen molar-refractivity contribution in [1.29, 1.82) is 5.26 Å². The molecule has 6 heteroatoms. The SMILES string of the molecule is N#CC1=CC(Cl)([N+](=O)[O-])CC=C1Cl. The predicted molar refractivity (Wildman–Crippen MR) is 47.8 cm³/mol. The summed E-state index contributed by atoms with van der Waals surface area (Å²) in [6.45, 7) is 0. The minimum Gasteiger partial charge on any atom is -0.262 e. The molecule has 4 nitrogen and oxygen atoms in total. The van der Waals surface area contributed by atoms with Crippen LogP contribution in [0, 0.1) is 21.4 Å². The molecule has 0 fully saturated rings. The summed E-state index contributed by atoms with van der Waals surface area (Å²) in [5, 5.41) is 19.3. The first-order valence-corrected chi connectivity index (χ1v) is 4.07. The van der Waals surface area contributed by atoms with Crippen LogP contribution < -0.4 is 0 Å². The van der Waals surface area contributed by atoms with Gasteiger partial charge in [-0.1, -0.05) is 17.7 Å². The third-order valence-corrected chi connectivity index (χ3v) is 2.37. The lowest BCUT2D eigenvalue weighted by atomic mass is 10.0. The van der Waals surface area contributed by atoms with Gasteiger partial charge in [-0.15, -0.1) is 0 Å². The molecule has 0 spiro atoms. The number of allylic oxidation sites excluding steroid dienone is 2. The van der Waals surface area contributed by atoms with Gasteiger partial charge in [0.1, 0.15) is 6.07 Å². The highest BCUT2D eigenvalue weighted by Gasteiger charge is 2.40. The molecule has 0 aliphatic heterocycles. The van der Waals surface area contributed by atoms with Crippen molar-refractivity contribution in [1.82, 2.24) is 0 Å². The Kier molecular flexibility index (Phi) is 2.60. The summed E-state index contributed by atoms with van der Waals surface area (Å²) < 4.78 is 0. The number of hydrogen-bond acceptors (Lipinski definition) is 3. The molecule has 1 aliphatic carbocycles. The first-order chi connectivity index (χ1) is 5.99. The molecule has 1 rings (SSSR count). The van der Waals surface area contributed by atoms with Gasteiger partial charge in [0.05, 0.1) is 17.0 Å². The van der Waals surface area contributed by atoms with E-state index in [0.717, 1.165) is 6.08 Å². The molecule has 13 heavy (non-hydrogen) atoms. The molecular weight excluding hydrogens is 215 g/mol. The zero-order valence-electron chi connectivity index (χ0n) is 6.33. The second kappa shape index (κ2) is 3.36. The van der Waals surface area contributed by atoms with Crippen LogP contribution in [0.2, 0.25) is 0 Å². The van der Waals surface area contributed by atoms with E-state index >= 15 is 0 Å². The maximum absolute atomic E-state index is 10.5. The summed E-state index contributed by atoms with van der Waals surface area (Å²) in [5.74, 6) is 0. The fraction of sp³-hybridized carbons (Fsp3) is 0.286. The second-order valence-corrected chi connectivity index (χ2v) is 3.56. The molecule has 0 aromatic rings. The van der Waals surface area contributed by atoms with Gasteiger partial charge in [-0.3, -0.25) is 10.1 Å². The van der Waals surface area contributed by atoms with Crippen LogP contribution in [0.4, 0.5) is 0 Å². The fourth-order valence-electron chi connectivity index (χ4n) is 0.905. The van der Waals surface area contributed by atoms with E-state index in [0.29, 0.717) is 0 Å². The number of alkyl halides is 1. The van der Waals surface area contributed by atoms with Gasteiger partial charge in [0.25, 0.3) is 0 Å². The predicted octanol–water partition coefficient (Wildman–Crippen LogP) is 2.17.